The molecule has 1 aromatic heterocycles. The molecule has 0 unspecified atom stereocenters. The molecule has 1 aromatic carbocycles. The molecular formula is C20H32N6S. The van der Waals surface area contributed by atoms with Crippen LogP contribution in [0.3, 0.4) is 0 Å². The first-order valence-corrected chi connectivity index (χ1v) is 11.1. The molecular weight excluding hydrogens is 356 g/mol. The Hall–Kier alpha value is -2.02. The topological polar surface area (TPSA) is 67.1 Å². The first-order chi connectivity index (χ1) is 13.3. The molecule has 0 spiro atoms. The van der Waals surface area contributed by atoms with Crippen molar-refractivity contribution in [3.8, 4) is 0 Å². The number of guanidine groups is 1. The van der Waals surface area contributed by atoms with Crippen molar-refractivity contribution in [2.75, 3.05) is 31.6 Å². The standard InChI is InChI=1S/C20H32N6S/c1-3-19-25-24-17-26(19)15-14-23-20(22-13-8-16-27-2)21-12-7-11-18-9-5-4-6-10-18/h4-6,9-10,17H,3,7-8,11-16H2,1-2H3,(H2,21,22,23). The molecule has 0 aliphatic rings. The molecule has 0 saturated carbocycles. The monoisotopic (exact) mass is 388 g/mol. The zero-order valence-electron chi connectivity index (χ0n) is 16.5. The minimum Gasteiger partial charge on any atom is -0.356 e. The third-order valence-electron chi connectivity index (χ3n) is 4.21. The second kappa shape index (κ2) is 13.2. The number of hydrogen-bond donors (Lipinski definition) is 2. The zero-order chi connectivity index (χ0) is 19.2. The molecule has 7 heteroatoms. The molecule has 0 aliphatic carbocycles. The van der Waals surface area contributed by atoms with Crippen LogP contribution < -0.4 is 10.6 Å². The van der Waals surface area contributed by atoms with Crippen molar-refractivity contribution in [2.45, 2.75) is 39.2 Å². The van der Waals surface area contributed by atoms with Gasteiger partial charge in [-0.3, -0.25) is 4.99 Å². The van der Waals surface area contributed by atoms with Crippen LogP contribution in [0.25, 0.3) is 0 Å². The van der Waals surface area contributed by atoms with Crippen molar-refractivity contribution in [2.24, 2.45) is 4.99 Å². The summed E-state index contributed by atoms with van der Waals surface area (Å²) in [5, 5.41) is 15.0. The number of aromatic nitrogens is 3. The molecule has 0 atom stereocenters. The molecule has 0 aliphatic heterocycles. The van der Waals surface area contributed by atoms with E-state index in [4.69, 9.17) is 4.99 Å². The Kier molecular flexibility index (Phi) is 10.4. The number of aliphatic imine (C=N–C) groups is 1. The zero-order valence-corrected chi connectivity index (χ0v) is 17.3. The van der Waals surface area contributed by atoms with Crippen LogP contribution in [0.2, 0.25) is 0 Å². The average Bonchev–Trinajstić information content (AvgIpc) is 3.16. The van der Waals surface area contributed by atoms with Gasteiger partial charge in [-0.15, -0.1) is 10.2 Å². The molecule has 0 radical (unpaired) electrons. The summed E-state index contributed by atoms with van der Waals surface area (Å²) in [7, 11) is 0. The molecule has 2 rings (SSSR count). The van der Waals surface area contributed by atoms with Crippen molar-refractivity contribution in [3.05, 3.63) is 48.0 Å². The summed E-state index contributed by atoms with van der Waals surface area (Å²) < 4.78 is 2.09. The van der Waals surface area contributed by atoms with Crippen LogP contribution in [-0.2, 0) is 19.4 Å². The van der Waals surface area contributed by atoms with Crippen LogP contribution in [0.1, 0.15) is 31.2 Å². The van der Waals surface area contributed by atoms with Gasteiger partial charge in [-0.1, -0.05) is 37.3 Å². The maximum Gasteiger partial charge on any atom is 0.191 e. The van der Waals surface area contributed by atoms with Crippen LogP contribution in [-0.4, -0.2) is 52.4 Å². The van der Waals surface area contributed by atoms with E-state index in [1.807, 2.05) is 11.8 Å². The molecule has 6 nitrogen and oxygen atoms in total. The quantitative estimate of drug-likeness (QED) is 0.332. The van der Waals surface area contributed by atoms with Crippen molar-refractivity contribution in [1.82, 2.24) is 25.4 Å². The largest absolute Gasteiger partial charge is 0.356 e. The van der Waals surface area contributed by atoms with Gasteiger partial charge in [0.05, 0.1) is 0 Å². The summed E-state index contributed by atoms with van der Waals surface area (Å²) in [6, 6.07) is 10.6. The molecule has 0 amide bonds. The number of aryl methyl sites for hydroxylation is 2. The Balaban J connectivity index is 1.77. The van der Waals surface area contributed by atoms with Gasteiger partial charge in [0.2, 0.25) is 0 Å². The lowest BCUT2D eigenvalue weighted by molar-refractivity contribution is 0.630. The van der Waals surface area contributed by atoms with E-state index >= 15 is 0 Å². The van der Waals surface area contributed by atoms with Gasteiger partial charge >= 0.3 is 0 Å². The lowest BCUT2D eigenvalue weighted by atomic mass is 10.1. The summed E-state index contributed by atoms with van der Waals surface area (Å²) >= 11 is 1.88. The van der Waals surface area contributed by atoms with Crippen LogP contribution in [0.4, 0.5) is 0 Å². The highest BCUT2D eigenvalue weighted by Crippen LogP contribution is 2.02. The minimum absolute atomic E-state index is 0.804. The van der Waals surface area contributed by atoms with Gasteiger partial charge in [-0.05, 0) is 36.8 Å². The molecule has 2 aromatic rings. The van der Waals surface area contributed by atoms with E-state index in [9.17, 15) is 0 Å². The van der Waals surface area contributed by atoms with E-state index in [-0.39, 0.29) is 0 Å². The van der Waals surface area contributed by atoms with Crippen molar-refractivity contribution in [1.29, 1.82) is 0 Å². The predicted octanol–water partition coefficient (Wildman–Crippen LogP) is 2.76. The van der Waals surface area contributed by atoms with Gasteiger partial charge in [-0.2, -0.15) is 11.8 Å². The second-order valence-electron chi connectivity index (χ2n) is 6.31. The van der Waals surface area contributed by atoms with Gasteiger partial charge in [0.15, 0.2) is 5.96 Å². The smallest absolute Gasteiger partial charge is 0.191 e. The number of benzene rings is 1. The van der Waals surface area contributed by atoms with E-state index in [1.165, 1.54) is 5.56 Å². The first-order valence-electron chi connectivity index (χ1n) is 9.75. The third-order valence-corrected chi connectivity index (χ3v) is 4.91. The Morgan fingerprint density at radius 3 is 2.74 bits per heavy atom. The van der Waals surface area contributed by atoms with Crippen LogP contribution >= 0.6 is 11.8 Å². The molecule has 0 fully saturated rings. The summed E-state index contributed by atoms with van der Waals surface area (Å²) in [5.41, 5.74) is 1.37. The Morgan fingerprint density at radius 1 is 1.15 bits per heavy atom. The Morgan fingerprint density at radius 2 is 1.96 bits per heavy atom. The second-order valence-corrected chi connectivity index (χ2v) is 7.30. The maximum absolute atomic E-state index is 4.74. The fourth-order valence-corrected chi connectivity index (χ4v) is 3.18. The normalized spacial score (nSPS) is 11.6. The summed E-state index contributed by atoms with van der Waals surface area (Å²) in [6.07, 6.45) is 8.08. The van der Waals surface area contributed by atoms with Gasteiger partial charge < -0.3 is 15.2 Å². The van der Waals surface area contributed by atoms with Crippen molar-refractivity contribution in [3.63, 3.8) is 0 Å². The highest BCUT2D eigenvalue weighted by Gasteiger charge is 2.03. The molecule has 148 valence electrons. The van der Waals surface area contributed by atoms with Crippen LogP contribution in [0.5, 0.6) is 0 Å². The SMILES string of the molecule is CCc1nncn1CCNC(=NCCCc1ccccc1)NCCCSC. The van der Waals surface area contributed by atoms with E-state index in [2.05, 4.69) is 68.9 Å². The number of rotatable bonds is 12. The maximum atomic E-state index is 4.74. The molecule has 0 bridgehead atoms. The fourth-order valence-electron chi connectivity index (χ4n) is 2.75. The molecule has 1 heterocycles. The predicted molar refractivity (Wildman–Crippen MR) is 115 cm³/mol. The van der Waals surface area contributed by atoms with E-state index in [0.29, 0.717) is 0 Å². The first kappa shape index (κ1) is 21.3. The minimum atomic E-state index is 0.804. The number of thioether (sulfide) groups is 1. The number of nitrogens with zero attached hydrogens (tertiary/aromatic N) is 4. The van der Waals surface area contributed by atoms with Crippen LogP contribution in [0, 0.1) is 0 Å². The summed E-state index contributed by atoms with van der Waals surface area (Å²) in [4.78, 5) is 4.74. The van der Waals surface area contributed by atoms with E-state index in [1.54, 1.807) is 6.33 Å². The fraction of sp³-hybridized carbons (Fsp3) is 0.550. The van der Waals surface area contributed by atoms with Gasteiger partial charge in [-0.25, -0.2) is 0 Å². The summed E-state index contributed by atoms with van der Waals surface area (Å²) in [6.45, 7) is 5.50. The van der Waals surface area contributed by atoms with E-state index < -0.39 is 0 Å². The highest BCUT2D eigenvalue weighted by molar-refractivity contribution is 7.98. The van der Waals surface area contributed by atoms with Gasteiger partial charge in [0.1, 0.15) is 12.2 Å². The van der Waals surface area contributed by atoms with Crippen molar-refractivity contribution >= 4 is 17.7 Å². The molecule has 0 saturated heterocycles. The van der Waals surface area contributed by atoms with E-state index in [0.717, 1.165) is 69.4 Å². The Labute approximate surface area is 167 Å². The van der Waals surface area contributed by atoms with Gasteiger partial charge in [0.25, 0.3) is 0 Å². The summed E-state index contributed by atoms with van der Waals surface area (Å²) in [5.74, 6) is 3.08. The van der Waals surface area contributed by atoms with Gasteiger partial charge in [0, 0.05) is 32.6 Å². The number of nitrogens with one attached hydrogen (secondary N) is 2. The third kappa shape index (κ3) is 8.47. The Bertz CT molecular complexity index is 656. The number of hydrogen-bond acceptors (Lipinski definition) is 4. The highest BCUT2D eigenvalue weighted by atomic mass is 32.2. The van der Waals surface area contributed by atoms with Crippen LogP contribution in [0.15, 0.2) is 41.7 Å². The lowest BCUT2D eigenvalue weighted by Crippen LogP contribution is -2.39. The molecule has 27 heavy (non-hydrogen) atoms. The lowest BCUT2D eigenvalue weighted by Gasteiger charge is -2.13. The van der Waals surface area contributed by atoms with Crippen molar-refractivity contribution < 1.29 is 0 Å². The molecule has 2 N–H and O–H groups in total. The average molecular weight is 389 g/mol.